The lowest BCUT2D eigenvalue weighted by molar-refractivity contribution is -0.380. The topological polar surface area (TPSA) is 147 Å². The van der Waals surface area contributed by atoms with Gasteiger partial charge in [-0.25, -0.2) is 9.59 Å². The molecule has 3 N–H and O–H groups in total. The Labute approximate surface area is 144 Å². The van der Waals surface area contributed by atoms with Gasteiger partial charge in [0.25, 0.3) is 0 Å². The number of aromatic carboxylic acids is 2. The van der Waals surface area contributed by atoms with Gasteiger partial charge < -0.3 is 15.5 Å². The molecule has 10 heteroatoms. The summed E-state index contributed by atoms with van der Waals surface area (Å²) in [7, 11) is 0. The van der Waals surface area contributed by atoms with Gasteiger partial charge in [0.15, 0.2) is 0 Å². The number of benzene rings is 1. The lowest BCUT2D eigenvalue weighted by Gasteiger charge is -2.05. The number of hydrogen-bond donors (Lipinski definition) is 3. The van der Waals surface area contributed by atoms with E-state index in [-0.39, 0.29) is 21.8 Å². The van der Waals surface area contributed by atoms with Crippen molar-refractivity contribution in [3.63, 3.8) is 0 Å². The van der Waals surface area contributed by atoms with Crippen molar-refractivity contribution in [2.75, 3.05) is 5.32 Å². The Balaban J connectivity index is 2.16. The number of nitrogens with one attached hydrogen (secondary N) is 1. The minimum Gasteiger partial charge on any atom is -0.478 e. The molecule has 0 spiro atoms. The third-order valence-electron chi connectivity index (χ3n) is 2.89. The molecule has 0 aliphatic rings. The van der Waals surface area contributed by atoms with Gasteiger partial charge in [0.2, 0.25) is 5.91 Å². The fourth-order valence-corrected chi connectivity index (χ4v) is 2.54. The lowest BCUT2D eigenvalue weighted by atomic mass is 10.1. The van der Waals surface area contributed by atoms with Crippen molar-refractivity contribution in [3.8, 4) is 0 Å². The number of rotatable bonds is 6. The highest BCUT2D eigenvalue weighted by atomic mass is 32.1. The van der Waals surface area contributed by atoms with E-state index in [0.29, 0.717) is 4.88 Å². The zero-order valence-corrected chi connectivity index (χ0v) is 13.1. The molecule has 0 saturated heterocycles. The number of carbonyl (C=O) groups excluding carboxylic acids is 1. The number of nitro groups is 1. The van der Waals surface area contributed by atoms with Gasteiger partial charge >= 0.3 is 16.9 Å². The number of thiophene rings is 1. The number of amides is 1. The van der Waals surface area contributed by atoms with Crippen LogP contribution in [0, 0.1) is 10.1 Å². The summed E-state index contributed by atoms with van der Waals surface area (Å²) >= 11 is 0.881. The van der Waals surface area contributed by atoms with Crippen molar-refractivity contribution >= 4 is 45.9 Å². The first-order chi connectivity index (χ1) is 11.8. The molecule has 0 aliphatic carbocycles. The average molecular weight is 362 g/mol. The third kappa shape index (κ3) is 4.72. The second kappa shape index (κ2) is 7.36. The second-order valence-corrected chi connectivity index (χ2v) is 5.76. The molecule has 0 radical (unpaired) electrons. The van der Waals surface area contributed by atoms with E-state index in [9.17, 15) is 24.5 Å². The van der Waals surface area contributed by atoms with Gasteiger partial charge in [0.05, 0.1) is 16.1 Å². The van der Waals surface area contributed by atoms with Crippen LogP contribution in [0.5, 0.6) is 0 Å². The number of nitrogens with zero attached hydrogens (tertiary/aromatic N) is 1. The van der Waals surface area contributed by atoms with E-state index in [0.717, 1.165) is 35.6 Å². The Morgan fingerprint density at radius 1 is 1.08 bits per heavy atom. The molecule has 25 heavy (non-hydrogen) atoms. The largest absolute Gasteiger partial charge is 0.478 e. The van der Waals surface area contributed by atoms with Crippen LogP contribution >= 0.6 is 11.3 Å². The van der Waals surface area contributed by atoms with E-state index in [1.165, 1.54) is 18.2 Å². The molecule has 0 bridgehead atoms. The molecule has 2 aromatic rings. The predicted molar refractivity (Wildman–Crippen MR) is 89.0 cm³/mol. The van der Waals surface area contributed by atoms with Crippen molar-refractivity contribution in [2.45, 2.75) is 0 Å². The van der Waals surface area contributed by atoms with Crippen LogP contribution in [0.15, 0.2) is 36.4 Å². The van der Waals surface area contributed by atoms with Gasteiger partial charge in [0.1, 0.15) is 0 Å². The van der Waals surface area contributed by atoms with Crippen LogP contribution in [0.25, 0.3) is 6.08 Å². The van der Waals surface area contributed by atoms with Gasteiger partial charge in [-0.05, 0) is 30.3 Å². The Morgan fingerprint density at radius 2 is 1.68 bits per heavy atom. The SMILES string of the molecule is O=C(/C=C/c1ccc([N+](=O)[O-])s1)Nc1cc(C(=O)O)cc(C(=O)O)c1. The summed E-state index contributed by atoms with van der Waals surface area (Å²) in [5, 5.41) is 30.8. The van der Waals surface area contributed by atoms with E-state index >= 15 is 0 Å². The number of carboxylic acids is 2. The third-order valence-corrected chi connectivity index (χ3v) is 3.89. The molecule has 1 heterocycles. The molecule has 128 valence electrons. The molecule has 1 aromatic heterocycles. The second-order valence-electron chi connectivity index (χ2n) is 4.67. The van der Waals surface area contributed by atoms with E-state index in [1.807, 2.05) is 0 Å². The van der Waals surface area contributed by atoms with Gasteiger partial charge in [-0.3, -0.25) is 14.9 Å². The minimum absolute atomic E-state index is 0.00381. The maximum Gasteiger partial charge on any atom is 0.335 e. The number of carbonyl (C=O) groups is 3. The molecule has 0 unspecified atom stereocenters. The van der Waals surface area contributed by atoms with Gasteiger partial charge in [-0.15, -0.1) is 0 Å². The van der Waals surface area contributed by atoms with Crippen LogP contribution in [0.3, 0.4) is 0 Å². The first kappa shape index (κ1) is 17.8. The quantitative estimate of drug-likeness (QED) is 0.406. The monoisotopic (exact) mass is 362 g/mol. The predicted octanol–water partition coefficient (Wildman–Crippen LogP) is 2.70. The summed E-state index contributed by atoms with van der Waals surface area (Å²) in [4.78, 5) is 44.4. The number of hydrogen-bond acceptors (Lipinski definition) is 6. The van der Waals surface area contributed by atoms with E-state index < -0.39 is 22.8 Å². The molecular formula is C15H10N2O7S. The van der Waals surface area contributed by atoms with E-state index in [4.69, 9.17) is 10.2 Å². The smallest absolute Gasteiger partial charge is 0.335 e. The first-order valence-electron chi connectivity index (χ1n) is 6.61. The number of anilines is 1. The van der Waals surface area contributed by atoms with Crippen molar-refractivity contribution in [3.05, 3.63) is 62.5 Å². The Kier molecular flexibility index (Phi) is 5.25. The summed E-state index contributed by atoms with van der Waals surface area (Å²) in [5.74, 6) is -3.31. The van der Waals surface area contributed by atoms with Crippen LogP contribution in [0.2, 0.25) is 0 Å². The Hall–Kier alpha value is -3.53. The van der Waals surface area contributed by atoms with Crippen molar-refractivity contribution in [1.29, 1.82) is 0 Å². The average Bonchev–Trinajstić information content (AvgIpc) is 3.01. The fraction of sp³-hybridized carbons (Fsp3) is 0. The summed E-state index contributed by atoms with van der Waals surface area (Å²) in [6.45, 7) is 0. The highest BCUT2D eigenvalue weighted by Crippen LogP contribution is 2.24. The van der Waals surface area contributed by atoms with Crippen molar-refractivity contribution < 1.29 is 29.5 Å². The van der Waals surface area contributed by atoms with Crippen LogP contribution in [0.1, 0.15) is 25.6 Å². The molecule has 0 atom stereocenters. The van der Waals surface area contributed by atoms with E-state index in [2.05, 4.69) is 5.32 Å². The summed E-state index contributed by atoms with van der Waals surface area (Å²) in [6, 6.07) is 5.99. The summed E-state index contributed by atoms with van der Waals surface area (Å²) in [5.41, 5.74) is -0.565. The Morgan fingerprint density at radius 3 is 2.16 bits per heavy atom. The molecule has 9 nitrogen and oxygen atoms in total. The minimum atomic E-state index is -1.33. The molecule has 0 aliphatic heterocycles. The van der Waals surface area contributed by atoms with Gasteiger partial charge in [-0.2, -0.15) is 0 Å². The highest BCUT2D eigenvalue weighted by molar-refractivity contribution is 7.16. The normalized spacial score (nSPS) is 10.6. The molecule has 1 amide bonds. The van der Waals surface area contributed by atoms with Crippen LogP contribution in [-0.2, 0) is 4.79 Å². The van der Waals surface area contributed by atoms with Gasteiger partial charge in [0, 0.05) is 22.7 Å². The molecular weight excluding hydrogens is 352 g/mol. The highest BCUT2D eigenvalue weighted by Gasteiger charge is 2.12. The van der Waals surface area contributed by atoms with Crippen LogP contribution in [-0.4, -0.2) is 33.0 Å². The van der Waals surface area contributed by atoms with Gasteiger partial charge in [-0.1, -0.05) is 11.3 Å². The first-order valence-corrected chi connectivity index (χ1v) is 7.43. The fourth-order valence-electron chi connectivity index (χ4n) is 1.82. The lowest BCUT2D eigenvalue weighted by Crippen LogP contribution is -2.10. The van der Waals surface area contributed by atoms with Crippen LogP contribution < -0.4 is 5.32 Å². The summed E-state index contributed by atoms with van der Waals surface area (Å²) < 4.78 is 0. The molecule has 2 rings (SSSR count). The molecule has 0 saturated carbocycles. The zero-order chi connectivity index (χ0) is 18.6. The molecule has 1 aromatic carbocycles. The maximum atomic E-state index is 11.9. The zero-order valence-electron chi connectivity index (χ0n) is 12.3. The van der Waals surface area contributed by atoms with E-state index in [1.54, 1.807) is 0 Å². The summed E-state index contributed by atoms with van der Waals surface area (Å²) in [6.07, 6.45) is 2.45. The van der Waals surface area contributed by atoms with Crippen LogP contribution in [0.4, 0.5) is 10.7 Å². The van der Waals surface area contributed by atoms with Crippen molar-refractivity contribution in [2.24, 2.45) is 0 Å². The standard InChI is InChI=1S/C15H10N2O7S/c18-12(3-1-11-2-4-13(25-11)17(23)24)16-10-6-8(14(19)20)5-9(7-10)15(21)22/h1-7H,(H,16,18)(H,19,20)(H,21,22)/b3-1+. The Bertz CT molecular complexity index is 869. The molecule has 0 fully saturated rings. The number of carboxylic acid groups (broad SMARTS) is 2. The maximum absolute atomic E-state index is 11.9. The van der Waals surface area contributed by atoms with Crippen molar-refractivity contribution in [1.82, 2.24) is 0 Å².